The SMILES string of the molecule is CCOCCN1CCNC(c2ccccc2)c2cc(Cl)ccc21. The average Bonchev–Trinajstić information content (AvgIpc) is 2.75. The van der Waals surface area contributed by atoms with E-state index in [1.165, 1.54) is 16.8 Å². The molecule has 1 unspecified atom stereocenters. The van der Waals surface area contributed by atoms with Crippen molar-refractivity contribution in [1.82, 2.24) is 5.32 Å². The zero-order valence-corrected chi connectivity index (χ0v) is 14.2. The Morgan fingerprint density at radius 2 is 2.04 bits per heavy atom. The molecule has 2 aromatic rings. The third-order valence-corrected chi connectivity index (χ3v) is 4.45. The number of fused-ring (bicyclic) bond motifs is 1. The number of hydrogen-bond donors (Lipinski definition) is 1. The van der Waals surface area contributed by atoms with Crippen LogP contribution in [0.1, 0.15) is 24.1 Å². The molecule has 0 aromatic heterocycles. The van der Waals surface area contributed by atoms with Crippen LogP contribution >= 0.6 is 11.6 Å². The van der Waals surface area contributed by atoms with E-state index in [2.05, 4.69) is 46.6 Å². The van der Waals surface area contributed by atoms with Crippen molar-refractivity contribution < 1.29 is 4.74 Å². The molecule has 0 saturated carbocycles. The number of halogens is 1. The second kappa shape index (κ2) is 7.82. The molecule has 0 saturated heterocycles. The summed E-state index contributed by atoms with van der Waals surface area (Å²) in [5, 5.41) is 4.44. The topological polar surface area (TPSA) is 24.5 Å². The van der Waals surface area contributed by atoms with Gasteiger partial charge >= 0.3 is 0 Å². The molecule has 0 radical (unpaired) electrons. The molecular weight excluding hydrogens is 308 g/mol. The fraction of sp³-hybridized carbons (Fsp3) is 0.368. The van der Waals surface area contributed by atoms with Crippen molar-refractivity contribution in [1.29, 1.82) is 0 Å². The van der Waals surface area contributed by atoms with E-state index < -0.39 is 0 Å². The van der Waals surface area contributed by atoms with Crippen LogP contribution in [-0.4, -0.2) is 32.8 Å². The molecule has 2 aromatic carbocycles. The summed E-state index contributed by atoms with van der Waals surface area (Å²) in [6.07, 6.45) is 0. The van der Waals surface area contributed by atoms with Gasteiger partial charge in [-0.15, -0.1) is 0 Å². The van der Waals surface area contributed by atoms with E-state index in [0.717, 1.165) is 37.9 Å². The van der Waals surface area contributed by atoms with Crippen LogP contribution < -0.4 is 10.2 Å². The number of nitrogens with zero attached hydrogens (tertiary/aromatic N) is 1. The highest BCUT2D eigenvalue weighted by molar-refractivity contribution is 6.30. The average molecular weight is 331 g/mol. The lowest BCUT2D eigenvalue weighted by Crippen LogP contribution is -2.32. The Hall–Kier alpha value is -1.55. The number of benzene rings is 2. The largest absolute Gasteiger partial charge is 0.380 e. The van der Waals surface area contributed by atoms with E-state index in [-0.39, 0.29) is 6.04 Å². The Morgan fingerprint density at radius 3 is 2.83 bits per heavy atom. The molecule has 0 aliphatic carbocycles. The summed E-state index contributed by atoms with van der Waals surface area (Å²) in [5.41, 5.74) is 3.74. The molecule has 0 bridgehead atoms. The Balaban J connectivity index is 1.95. The third-order valence-electron chi connectivity index (χ3n) is 4.21. The number of hydrogen-bond acceptors (Lipinski definition) is 3. The standard InChI is InChI=1S/C19H23ClN2O/c1-2-23-13-12-22-11-10-21-19(15-6-4-3-5-7-15)17-14-16(20)8-9-18(17)22/h3-9,14,19,21H,2,10-13H2,1H3. The quantitative estimate of drug-likeness (QED) is 0.842. The van der Waals surface area contributed by atoms with Gasteiger partial charge in [-0.1, -0.05) is 41.9 Å². The normalized spacial score (nSPS) is 17.7. The van der Waals surface area contributed by atoms with Gasteiger partial charge in [0.05, 0.1) is 12.6 Å². The summed E-state index contributed by atoms with van der Waals surface area (Å²) in [5.74, 6) is 0. The minimum absolute atomic E-state index is 0.169. The highest BCUT2D eigenvalue weighted by atomic mass is 35.5. The molecule has 0 spiro atoms. The monoisotopic (exact) mass is 330 g/mol. The van der Waals surface area contributed by atoms with Gasteiger partial charge in [0.15, 0.2) is 0 Å². The van der Waals surface area contributed by atoms with Crippen molar-refractivity contribution in [2.45, 2.75) is 13.0 Å². The van der Waals surface area contributed by atoms with Gasteiger partial charge in [0.2, 0.25) is 0 Å². The molecule has 1 heterocycles. The van der Waals surface area contributed by atoms with Crippen LogP contribution in [0, 0.1) is 0 Å². The van der Waals surface area contributed by atoms with E-state index in [4.69, 9.17) is 16.3 Å². The number of rotatable bonds is 5. The molecular formula is C19H23ClN2O. The van der Waals surface area contributed by atoms with Gasteiger partial charge in [0.1, 0.15) is 0 Å². The second-order valence-corrected chi connectivity index (χ2v) is 6.12. The van der Waals surface area contributed by atoms with Gasteiger partial charge in [-0.3, -0.25) is 0 Å². The fourth-order valence-electron chi connectivity index (χ4n) is 3.11. The molecule has 23 heavy (non-hydrogen) atoms. The first-order chi connectivity index (χ1) is 11.3. The van der Waals surface area contributed by atoms with Crippen LogP contribution in [0.4, 0.5) is 5.69 Å². The molecule has 1 atom stereocenters. The molecule has 3 nitrogen and oxygen atoms in total. The van der Waals surface area contributed by atoms with Crippen LogP contribution in [0.15, 0.2) is 48.5 Å². The van der Waals surface area contributed by atoms with Crippen molar-refractivity contribution in [2.24, 2.45) is 0 Å². The smallest absolute Gasteiger partial charge is 0.0641 e. The summed E-state index contributed by atoms with van der Waals surface area (Å²) in [7, 11) is 0. The molecule has 1 aliphatic heterocycles. The first kappa shape index (κ1) is 16.3. The maximum Gasteiger partial charge on any atom is 0.0641 e. The molecule has 0 amide bonds. The van der Waals surface area contributed by atoms with Crippen LogP contribution in [-0.2, 0) is 4.74 Å². The minimum Gasteiger partial charge on any atom is -0.380 e. The maximum absolute atomic E-state index is 6.29. The summed E-state index contributed by atoms with van der Waals surface area (Å²) in [6, 6.07) is 16.9. The van der Waals surface area contributed by atoms with Crippen LogP contribution in [0.3, 0.4) is 0 Å². The van der Waals surface area contributed by atoms with Gasteiger partial charge in [0.25, 0.3) is 0 Å². The molecule has 3 rings (SSSR count). The highest BCUT2D eigenvalue weighted by Gasteiger charge is 2.23. The van der Waals surface area contributed by atoms with Gasteiger partial charge in [0, 0.05) is 37.0 Å². The van der Waals surface area contributed by atoms with Crippen molar-refractivity contribution in [3.63, 3.8) is 0 Å². The number of anilines is 1. The van der Waals surface area contributed by atoms with Crippen molar-refractivity contribution in [3.8, 4) is 0 Å². The molecule has 1 aliphatic rings. The zero-order valence-electron chi connectivity index (χ0n) is 13.5. The second-order valence-electron chi connectivity index (χ2n) is 5.68. The Labute approximate surface area is 143 Å². The van der Waals surface area contributed by atoms with Crippen molar-refractivity contribution in [3.05, 3.63) is 64.7 Å². The minimum atomic E-state index is 0.169. The predicted molar refractivity (Wildman–Crippen MR) is 96.4 cm³/mol. The zero-order chi connectivity index (χ0) is 16.1. The van der Waals surface area contributed by atoms with Gasteiger partial charge in [-0.2, -0.15) is 0 Å². The molecule has 122 valence electrons. The number of nitrogens with one attached hydrogen (secondary N) is 1. The first-order valence-electron chi connectivity index (χ1n) is 8.20. The van der Waals surface area contributed by atoms with E-state index in [1.807, 2.05) is 19.1 Å². The van der Waals surface area contributed by atoms with E-state index >= 15 is 0 Å². The van der Waals surface area contributed by atoms with Crippen LogP contribution in [0.5, 0.6) is 0 Å². The highest BCUT2D eigenvalue weighted by Crippen LogP contribution is 2.34. The summed E-state index contributed by atoms with van der Waals surface area (Å²) >= 11 is 6.29. The fourth-order valence-corrected chi connectivity index (χ4v) is 3.29. The third kappa shape index (κ3) is 3.86. The lowest BCUT2D eigenvalue weighted by atomic mass is 9.97. The lowest BCUT2D eigenvalue weighted by molar-refractivity contribution is 0.154. The Morgan fingerprint density at radius 1 is 1.22 bits per heavy atom. The van der Waals surface area contributed by atoms with Crippen LogP contribution in [0.25, 0.3) is 0 Å². The summed E-state index contributed by atoms with van der Waals surface area (Å²) in [4.78, 5) is 2.39. The van der Waals surface area contributed by atoms with Gasteiger partial charge < -0.3 is 15.0 Å². The Bertz CT molecular complexity index is 633. The predicted octanol–water partition coefficient (Wildman–Crippen LogP) is 3.88. The molecule has 4 heteroatoms. The van der Waals surface area contributed by atoms with Crippen molar-refractivity contribution in [2.75, 3.05) is 37.7 Å². The number of ether oxygens (including phenoxy) is 1. The molecule has 0 fully saturated rings. The Kier molecular flexibility index (Phi) is 5.55. The van der Waals surface area contributed by atoms with E-state index in [9.17, 15) is 0 Å². The van der Waals surface area contributed by atoms with E-state index in [1.54, 1.807) is 0 Å². The lowest BCUT2D eigenvalue weighted by Gasteiger charge is -2.25. The van der Waals surface area contributed by atoms with Crippen molar-refractivity contribution >= 4 is 17.3 Å². The maximum atomic E-state index is 6.29. The van der Waals surface area contributed by atoms with Gasteiger partial charge in [-0.05, 0) is 36.2 Å². The summed E-state index contributed by atoms with van der Waals surface area (Å²) in [6.45, 7) is 6.32. The first-order valence-corrected chi connectivity index (χ1v) is 8.58. The van der Waals surface area contributed by atoms with Gasteiger partial charge in [-0.25, -0.2) is 0 Å². The van der Waals surface area contributed by atoms with Crippen LogP contribution in [0.2, 0.25) is 5.02 Å². The summed E-state index contributed by atoms with van der Waals surface area (Å²) < 4.78 is 5.54. The molecule has 1 N–H and O–H groups in total. The van der Waals surface area contributed by atoms with E-state index in [0.29, 0.717) is 0 Å².